The summed E-state index contributed by atoms with van der Waals surface area (Å²) in [6.45, 7) is 5.55. The number of amides is 2. The summed E-state index contributed by atoms with van der Waals surface area (Å²) in [6, 6.07) is 15.0. The average molecular weight is 397 g/mol. The number of nitro groups is 1. The second kappa shape index (κ2) is 9.29. The fourth-order valence-corrected chi connectivity index (χ4v) is 3.48. The van der Waals surface area contributed by atoms with Crippen LogP contribution in [0.5, 0.6) is 0 Å². The molecule has 8 nitrogen and oxygen atoms in total. The second-order valence-corrected chi connectivity index (χ2v) is 7.24. The maximum absolute atomic E-state index is 12.7. The largest absolute Gasteiger partial charge is 0.341 e. The SMILES string of the molecule is C[C@H](NC(=O)c1cccc([N+](=O)[O-])c1)C(=O)N1CC[NH+](Cc2ccccc2)CC1. The van der Waals surface area contributed by atoms with Crippen LogP contribution in [0.1, 0.15) is 22.8 Å². The predicted octanol–water partition coefficient (Wildman–Crippen LogP) is 0.640. The fraction of sp³-hybridized carbons (Fsp3) is 0.333. The summed E-state index contributed by atoms with van der Waals surface area (Å²) in [5, 5.41) is 13.5. The first-order chi connectivity index (χ1) is 13.9. The van der Waals surface area contributed by atoms with Gasteiger partial charge in [0.05, 0.1) is 31.1 Å². The Morgan fingerprint density at radius 3 is 2.48 bits per heavy atom. The highest BCUT2D eigenvalue weighted by Gasteiger charge is 2.28. The van der Waals surface area contributed by atoms with Gasteiger partial charge in [0.2, 0.25) is 5.91 Å². The van der Waals surface area contributed by atoms with Crippen molar-refractivity contribution in [2.45, 2.75) is 19.5 Å². The van der Waals surface area contributed by atoms with E-state index in [2.05, 4.69) is 17.4 Å². The molecule has 1 saturated heterocycles. The van der Waals surface area contributed by atoms with E-state index in [0.29, 0.717) is 13.1 Å². The normalized spacial score (nSPS) is 15.6. The van der Waals surface area contributed by atoms with Crippen molar-refractivity contribution in [1.82, 2.24) is 10.2 Å². The highest BCUT2D eigenvalue weighted by molar-refractivity contribution is 5.97. The molecule has 0 saturated carbocycles. The lowest BCUT2D eigenvalue weighted by Gasteiger charge is -2.33. The Morgan fingerprint density at radius 2 is 1.83 bits per heavy atom. The lowest BCUT2D eigenvalue weighted by atomic mass is 10.1. The van der Waals surface area contributed by atoms with Gasteiger partial charge in [0.1, 0.15) is 12.6 Å². The third-order valence-electron chi connectivity index (χ3n) is 5.12. The third-order valence-corrected chi connectivity index (χ3v) is 5.12. The van der Waals surface area contributed by atoms with Gasteiger partial charge in [0.25, 0.3) is 11.6 Å². The van der Waals surface area contributed by atoms with Gasteiger partial charge in [0.15, 0.2) is 0 Å². The van der Waals surface area contributed by atoms with Crippen molar-refractivity contribution in [3.05, 3.63) is 75.8 Å². The first-order valence-electron chi connectivity index (χ1n) is 9.65. The molecule has 1 heterocycles. The summed E-state index contributed by atoms with van der Waals surface area (Å²) in [4.78, 5) is 38.6. The van der Waals surface area contributed by atoms with E-state index in [9.17, 15) is 19.7 Å². The Hall–Kier alpha value is -3.26. The maximum Gasteiger partial charge on any atom is 0.270 e. The summed E-state index contributed by atoms with van der Waals surface area (Å²) in [7, 11) is 0. The molecule has 1 fully saturated rings. The van der Waals surface area contributed by atoms with E-state index >= 15 is 0 Å². The Kier molecular flexibility index (Phi) is 6.56. The van der Waals surface area contributed by atoms with Gasteiger partial charge in [-0.25, -0.2) is 0 Å². The quantitative estimate of drug-likeness (QED) is 0.552. The summed E-state index contributed by atoms with van der Waals surface area (Å²) in [6.07, 6.45) is 0. The Bertz CT molecular complexity index is 879. The molecule has 2 aromatic carbocycles. The zero-order valence-corrected chi connectivity index (χ0v) is 16.3. The number of rotatable bonds is 6. The third kappa shape index (κ3) is 5.39. The van der Waals surface area contributed by atoms with Crippen LogP contribution in [0.2, 0.25) is 0 Å². The van der Waals surface area contributed by atoms with Gasteiger partial charge in [-0.05, 0) is 13.0 Å². The minimum atomic E-state index is -0.697. The number of quaternary nitrogens is 1. The van der Waals surface area contributed by atoms with E-state index in [4.69, 9.17) is 0 Å². The number of carbonyl (C=O) groups excluding carboxylic acids is 2. The van der Waals surface area contributed by atoms with Gasteiger partial charge in [-0.3, -0.25) is 19.7 Å². The highest BCUT2D eigenvalue weighted by atomic mass is 16.6. The van der Waals surface area contributed by atoms with E-state index in [1.54, 1.807) is 11.8 Å². The van der Waals surface area contributed by atoms with Crippen LogP contribution in [0.3, 0.4) is 0 Å². The fourth-order valence-electron chi connectivity index (χ4n) is 3.48. The molecule has 8 heteroatoms. The Morgan fingerprint density at radius 1 is 1.14 bits per heavy atom. The van der Waals surface area contributed by atoms with Crippen LogP contribution in [-0.2, 0) is 11.3 Å². The minimum Gasteiger partial charge on any atom is -0.341 e. The van der Waals surface area contributed by atoms with Crippen LogP contribution in [0.15, 0.2) is 54.6 Å². The maximum atomic E-state index is 12.7. The minimum absolute atomic E-state index is 0.137. The van der Waals surface area contributed by atoms with Gasteiger partial charge in [0, 0.05) is 23.3 Å². The molecule has 0 radical (unpaired) electrons. The average Bonchev–Trinajstić information content (AvgIpc) is 2.74. The molecule has 2 N–H and O–H groups in total. The Balaban J connectivity index is 1.51. The molecular formula is C21H25N4O4+. The first kappa shape index (κ1) is 20.5. The highest BCUT2D eigenvalue weighted by Crippen LogP contribution is 2.13. The molecule has 0 bridgehead atoms. The van der Waals surface area contributed by atoms with Crippen LogP contribution in [0.25, 0.3) is 0 Å². The summed E-state index contributed by atoms with van der Waals surface area (Å²) < 4.78 is 0. The molecular weight excluding hydrogens is 372 g/mol. The number of hydrogen-bond donors (Lipinski definition) is 2. The summed E-state index contributed by atoms with van der Waals surface area (Å²) in [5.74, 6) is -0.634. The number of nitrogens with zero attached hydrogens (tertiary/aromatic N) is 2. The number of piperazine rings is 1. The lowest BCUT2D eigenvalue weighted by Crippen LogP contribution is -3.13. The van der Waals surface area contributed by atoms with Crippen molar-refractivity contribution in [3.8, 4) is 0 Å². The van der Waals surface area contributed by atoms with Gasteiger partial charge < -0.3 is 15.1 Å². The number of non-ortho nitro benzene ring substituents is 1. The van der Waals surface area contributed by atoms with E-state index in [0.717, 1.165) is 19.6 Å². The summed E-state index contributed by atoms with van der Waals surface area (Å²) in [5.41, 5.74) is 1.28. The topological polar surface area (TPSA) is 97.0 Å². The van der Waals surface area contributed by atoms with Crippen molar-refractivity contribution in [2.75, 3.05) is 26.2 Å². The van der Waals surface area contributed by atoms with E-state index < -0.39 is 16.9 Å². The molecule has 0 aliphatic carbocycles. The van der Waals surface area contributed by atoms with Crippen LogP contribution >= 0.6 is 0 Å². The molecule has 0 aromatic heterocycles. The predicted molar refractivity (Wildman–Crippen MR) is 107 cm³/mol. The number of hydrogen-bond acceptors (Lipinski definition) is 4. The Labute approximate surface area is 169 Å². The molecule has 29 heavy (non-hydrogen) atoms. The van der Waals surface area contributed by atoms with Gasteiger partial charge in [-0.2, -0.15) is 0 Å². The zero-order chi connectivity index (χ0) is 20.8. The van der Waals surface area contributed by atoms with Crippen molar-refractivity contribution >= 4 is 17.5 Å². The standard InChI is InChI=1S/C21H24N4O4/c1-16(22-20(26)18-8-5-9-19(14-18)25(28)29)21(27)24-12-10-23(11-13-24)15-17-6-3-2-4-7-17/h2-9,14,16H,10-13,15H2,1H3,(H,22,26)/p+1/t16-/m0/s1. The lowest BCUT2D eigenvalue weighted by molar-refractivity contribution is -0.917. The van der Waals surface area contributed by atoms with Crippen LogP contribution in [0.4, 0.5) is 5.69 Å². The molecule has 2 aromatic rings. The van der Waals surface area contributed by atoms with Crippen molar-refractivity contribution in [2.24, 2.45) is 0 Å². The molecule has 0 spiro atoms. The molecule has 1 aliphatic rings. The molecule has 3 rings (SSSR count). The van der Waals surface area contributed by atoms with Crippen LogP contribution in [-0.4, -0.2) is 53.9 Å². The van der Waals surface area contributed by atoms with Crippen molar-refractivity contribution in [3.63, 3.8) is 0 Å². The van der Waals surface area contributed by atoms with E-state index in [1.807, 2.05) is 18.2 Å². The first-order valence-corrected chi connectivity index (χ1v) is 9.65. The number of benzene rings is 2. The zero-order valence-electron chi connectivity index (χ0n) is 16.3. The molecule has 1 atom stereocenters. The van der Waals surface area contributed by atoms with Crippen molar-refractivity contribution < 1.29 is 19.4 Å². The van der Waals surface area contributed by atoms with Gasteiger partial charge in [-0.15, -0.1) is 0 Å². The van der Waals surface area contributed by atoms with Crippen LogP contribution in [0, 0.1) is 10.1 Å². The molecule has 0 unspecified atom stereocenters. The van der Waals surface area contributed by atoms with E-state index in [1.165, 1.54) is 34.7 Å². The van der Waals surface area contributed by atoms with Gasteiger partial charge >= 0.3 is 0 Å². The molecule has 1 aliphatic heterocycles. The number of carbonyl (C=O) groups is 2. The van der Waals surface area contributed by atoms with E-state index in [-0.39, 0.29) is 17.2 Å². The van der Waals surface area contributed by atoms with Gasteiger partial charge in [-0.1, -0.05) is 36.4 Å². The molecule has 2 amide bonds. The summed E-state index contributed by atoms with van der Waals surface area (Å²) >= 11 is 0. The number of nitrogens with one attached hydrogen (secondary N) is 2. The van der Waals surface area contributed by atoms with Crippen molar-refractivity contribution in [1.29, 1.82) is 0 Å². The second-order valence-electron chi connectivity index (χ2n) is 7.24. The molecule has 152 valence electrons. The number of nitro benzene ring substituents is 1. The smallest absolute Gasteiger partial charge is 0.270 e. The van der Waals surface area contributed by atoms with Crippen LogP contribution < -0.4 is 10.2 Å². The monoisotopic (exact) mass is 397 g/mol.